The van der Waals surface area contributed by atoms with Gasteiger partial charge in [-0.25, -0.2) is 8.42 Å². The van der Waals surface area contributed by atoms with E-state index in [0.717, 1.165) is 13.0 Å². The van der Waals surface area contributed by atoms with E-state index in [1.165, 1.54) is 10.4 Å². The van der Waals surface area contributed by atoms with Crippen LogP contribution < -0.4 is 5.32 Å². The Hall–Kier alpha value is -0.950. The summed E-state index contributed by atoms with van der Waals surface area (Å²) in [5, 5.41) is 3.16. The summed E-state index contributed by atoms with van der Waals surface area (Å²) in [4.78, 5) is 11.9. The second kappa shape index (κ2) is 7.35. The molecule has 0 aliphatic carbocycles. The van der Waals surface area contributed by atoms with Crippen molar-refractivity contribution in [3.8, 4) is 0 Å². The second-order valence-electron chi connectivity index (χ2n) is 4.97. The highest BCUT2D eigenvalue weighted by atomic mass is 35.5. The highest BCUT2D eigenvalue weighted by molar-refractivity contribution is 7.89. The first kappa shape index (κ1) is 18.1. The lowest BCUT2D eigenvalue weighted by Gasteiger charge is -2.23. The van der Waals surface area contributed by atoms with Gasteiger partial charge in [-0.2, -0.15) is 4.31 Å². The van der Waals surface area contributed by atoms with E-state index in [1.807, 2.05) is 0 Å². The summed E-state index contributed by atoms with van der Waals surface area (Å²) in [5.74, 6) is -0.0489. The smallest absolute Gasteiger partial charge is 0.243 e. The number of carbonyl (C=O) groups excluding carboxylic acids is 1. The minimum atomic E-state index is -3.55. The van der Waals surface area contributed by atoms with E-state index in [1.54, 1.807) is 32.2 Å². The fourth-order valence-electron chi connectivity index (χ4n) is 2.35. The number of hydrogen-bond acceptors (Lipinski definition) is 4. The van der Waals surface area contributed by atoms with Crippen LogP contribution in [0.2, 0.25) is 0 Å². The van der Waals surface area contributed by atoms with Crippen LogP contribution in [-0.4, -0.2) is 44.7 Å². The van der Waals surface area contributed by atoms with Crippen LogP contribution in [0.15, 0.2) is 29.2 Å². The predicted octanol–water partition coefficient (Wildman–Crippen LogP) is 1.68. The van der Waals surface area contributed by atoms with Crippen molar-refractivity contribution in [3.63, 3.8) is 0 Å². The molecule has 1 aromatic rings. The summed E-state index contributed by atoms with van der Waals surface area (Å²) < 4.78 is 26.5. The molecule has 118 valence electrons. The minimum absolute atomic E-state index is 0. The van der Waals surface area contributed by atoms with Crippen LogP contribution in [0.5, 0.6) is 0 Å². The Morgan fingerprint density at radius 3 is 2.71 bits per heavy atom. The van der Waals surface area contributed by atoms with Crippen molar-refractivity contribution in [3.05, 3.63) is 29.8 Å². The monoisotopic (exact) mass is 332 g/mol. The number of Topliss-reactive ketones (excluding diaryl/α,β-unsaturated/α-hetero) is 1. The number of halogens is 1. The Labute approximate surface area is 132 Å². The van der Waals surface area contributed by atoms with Crippen LogP contribution >= 0.6 is 12.4 Å². The van der Waals surface area contributed by atoms with Gasteiger partial charge in [0.15, 0.2) is 5.78 Å². The number of benzene rings is 1. The number of ketones is 1. The summed E-state index contributed by atoms with van der Waals surface area (Å²) in [5.41, 5.74) is 0.450. The highest BCUT2D eigenvalue weighted by Gasteiger charge is 2.30. The quantitative estimate of drug-likeness (QED) is 0.833. The standard InChI is InChI=1S/C14H20N2O3S.ClH/c1-3-14(17)11-5-4-6-13(9-11)20(18,19)16(2)12-7-8-15-10-12;/h4-6,9,12,15H,3,7-8,10H2,1-2H3;1H. The highest BCUT2D eigenvalue weighted by Crippen LogP contribution is 2.20. The average molecular weight is 333 g/mol. The van der Waals surface area contributed by atoms with E-state index >= 15 is 0 Å². The topological polar surface area (TPSA) is 66.5 Å². The molecule has 0 amide bonds. The van der Waals surface area contributed by atoms with Crippen LogP contribution in [0.3, 0.4) is 0 Å². The van der Waals surface area contributed by atoms with E-state index in [4.69, 9.17) is 0 Å². The molecular weight excluding hydrogens is 312 g/mol. The Morgan fingerprint density at radius 2 is 2.14 bits per heavy atom. The van der Waals surface area contributed by atoms with Gasteiger partial charge >= 0.3 is 0 Å². The first-order valence-electron chi connectivity index (χ1n) is 6.79. The number of sulfonamides is 1. The summed E-state index contributed by atoms with van der Waals surface area (Å²) in [6.07, 6.45) is 1.18. The Bertz CT molecular complexity index is 598. The van der Waals surface area contributed by atoms with Crippen LogP contribution in [0, 0.1) is 0 Å². The van der Waals surface area contributed by atoms with Crippen molar-refractivity contribution < 1.29 is 13.2 Å². The number of nitrogens with one attached hydrogen (secondary N) is 1. The molecule has 5 nitrogen and oxygen atoms in total. The van der Waals surface area contributed by atoms with Crippen LogP contribution in [0.4, 0.5) is 0 Å². The van der Waals surface area contributed by atoms with Crippen LogP contribution in [0.1, 0.15) is 30.1 Å². The lowest BCUT2D eigenvalue weighted by Crippen LogP contribution is -2.38. The summed E-state index contributed by atoms with van der Waals surface area (Å²) in [6.45, 7) is 3.27. The molecule has 1 aliphatic heterocycles. The van der Waals surface area contributed by atoms with Crippen molar-refractivity contribution in [2.24, 2.45) is 0 Å². The molecular formula is C14H21ClN2O3S. The van der Waals surface area contributed by atoms with E-state index in [9.17, 15) is 13.2 Å². The molecule has 0 spiro atoms. The maximum absolute atomic E-state index is 12.6. The molecule has 1 heterocycles. The maximum atomic E-state index is 12.6. The molecule has 0 radical (unpaired) electrons. The summed E-state index contributed by atoms with van der Waals surface area (Å²) in [6, 6.07) is 6.27. The van der Waals surface area contributed by atoms with Crippen LogP contribution in [-0.2, 0) is 10.0 Å². The van der Waals surface area contributed by atoms with Gasteiger partial charge in [0.25, 0.3) is 0 Å². The molecule has 1 aliphatic rings. The molecule has 2 rings (SSSR count). The average Bonchev–Trinajstić information content (AvgIpc) is 2.99. The Morgan fingerprint density at radius 1 is 1.43 bits per heavy atom. The normalized spacial score (nSPS) is 18.5. The zero-order valence-electron chi connectivity index (χ0n) is 12.2. The molecule has 0 aromatic heterocycles. The van der Waals surface area contributed by atoms with Gasteiger partial charge in [-0.1, -0.05) is 19.1 Å². The number of rotatable bonds is 5. The van der Waals surface area contributed by atoms with Crippen molar-refractivity contribution in [2.75, 3.05) is 20.1 Å². The molecule has 1 unspecified atom stereocenters. The molecule has 1 atom stereocenters. The largest absolute Gasteiger partial charge is 0.315 e. The molecule has 7 heteroatoms. The lowest BCUT2D eigenvalue weighted by molar-refractivity contribution is 0.0988. The van der Waals surface area contributed by atoms with Gasteiger partial charge in [0.1, 0.15) is 0 Å². The van der Waals surface area contributed by atoms with Gasteiger partial charge in [0.05, 0.1) is 4.90 Å². The minimum Gasteiger partial charge on any atom is -0.315 e. The van der Waals surface area contributed by atoms with E-state index < -0.39 is 10.0 Å². The third-order valence-corrected chi connectivity index (χ3v) is 5.61. The second-order valence-corrected chi connectivity index (χ2v) is 6.97. The van der Waals surface area contributed by atoms with Crippen LogP contribution in [0.25, 0.3) is 0 Å². The zero-order chi connectivity index (χ0) is 14.8. The van der Waals surface area contributed by atoms with Gasteiger partial charge in [-0.15, -0.1) is 12.4 Å². The first-order valence-corrected chi connectivity index (χ1v) is 8.23. The Kier molecular flexibility index (Phi) is 6.34. The summed E-state index contributed by atoms with van der Waals surface area (Å²) >= 11 is 0. The molecule has 1 fully saturated rings. The van der Waals surface area contributed by atoms with Gasteiger partial charge in [0.2, 0.25) is 10.0 Å². The van der Waals surface area contributed by atoms with E-state index in [0.29, 0.717) is 18.5 Å². The van der Waals surface area contributed by atoms with Gasteiger partial charge in [-0.05, 0) is 25.1 Å². The summed E-state index contributed by atoms with van der Waals surface area (Å²) in [7, 11) is -1.95. The zero-order valence-corrected chi connectivity index (χ0v) is 13.8. The SMILES string of the molecule is CCC(=O)c1cccc(S(=O)(=O)N(C)C2CCNC2)c1.Cl. The number of hydrogen-bond donors (Lipinski definition) is 1. The van der Waals surface area contributed by atoms with Gasteiger partial charge in [0, 0.05) is 31.6 Å². The van der Waals surface area contributed by atoms with E-state index in [2.05, 4.69) is 5.32 Å². The third-order valence-electron chi connectivity index (χ3n) is 3.70. The molecule has 1 aromatic carbocycles. The van der Waals surface area contributed by atoms with Crippen molar-refractivity contribution in [1.29, 1.82) is 0 Å². The third kappa shape index (κ3) is 3.83. The maximum Gasteiger partial charge on any atom is 0.243 e. The number of nitrogens with zero attached hydrogens (tertiary/aromatic N) is 1. The fraction of sp³-hybridized carbons (Fsp3) is 0.500. The molecule has 21 heavy (non-hydrogen) atoms. The molecule has 1 saturated heterocycles. The van der Waals surface area contributed by atoms with Crippen molar-refractivity contribution in [1.82, 2.24) is 9.62 Å². The van der Waals surface area contributed by atoms with Crippen molar-refractivity contribution in [2.45, 2.75) is 30.7 Å². The number of carbonyl (C=O) groups is 1. The van der Waals surface area contributed by atoms with Gasteiger partial charge < -0.3 is 5.32 Å². The van der Waals surface area contributed by atoms with Crippen molar-refractivity contribution >= 4 is 28.2 Å². The number of likely N-dealkylation sites (N-methyl/N-ethyl adjacent to an activating group) is 1. The molecule has 0 bridgehead atoms. The van der Waals surface area contributed by atoms with Gasteiger partial charge in [-0.3, -0.25) is 4.79 Å². The first-order chi connectivity index (χ1) is 9.46. The molecule has 0 saturated carbocycles. The predicted molar refractivity (Wildman–Crippen MR) is 84.5 cm³/mol. The molecule has 1 N–H and O–H groups in total. The lowest BCUT2D eigenvalue weighted by atomic mass is 10.1. The Balaban J connectivity index is 0.00000220. The van der Waals surface area contributed by atoms with E-state index in [-0.39, 0.29) is 29.1 Å². The fourth-order valence-corrected chi connectivity index (χ4v) is 3.78.